The molecule has 23 heavy (non-hydrogen) atoms. The van der Waals surface area contributed by atoms with Gasteiger partial charge in [0.1, 0.15) is 0 Å². The summed E-state index contributed by atoms with van der Waals surface area (Å²) in [5.41, 5.74) is 2.31. The number of hydrogen-bond acceptors (Lipinski definition) is 2. The molecule has 0 aromatic heterocycles. The van der Waals surface area contributed by atoms with Crippen LogP contribution in [0.2, 0.25) is 0 Å². The highest BCUT2D eigenvalue weighted by Gasteiger charge is 2.38. The van der Waals surface area contributed by atoms with Crippen LogP contribution in [0, 0.1) is 5.92 Å². The highest BCUT2D eigenvalue weighted by atomic mass is 19.3. The Bertz CT molecular complexity index is 630. The van der Waals surface area contributed by atoms with Gasteiger partial charge in [-0.1, -0.05) is 0 Å². The standard InChI is InChI=1S/C16H19F2N3O2/c1-21-12-6-5-11(8-10(12)4-7-13(21)22)19-16(23)20-14(15(17)18)9-2-3-9/h5-6,8-9,14-15H,2-4,7H2,1H3,(H2,19,20,23). The Morgan fingerprint density at radius 1 is 1.30 bits per heavy atom. The number of nitrogens with zero attached hydrogens (tertiary/aromatic N) is 1. The third kappa shape index (κ3) is 3.43. The zero-order valence-corrected chi connectivity index (χ0v) is 12.8. The van der Waals surface area contributed by atoms with E-state index in [1.807, 2.05) is 0 Å². The van der Waals surface area contributed by atoms with Crippen molar-refractivity contribution in [3.8, 4) is 0 Å². The first-order valence-corrected chi connectivity index (χ1v) is 7.71. The summed E-state index contributed by atoms with van der Waals surface area (Å²) in [6.45, 7) is 0. The van der Waals surface area contributed by atoms with E-state index < -0.39 is 18.5 Å². The summed E-state index contributed by atoms with van der Waals surface area (Å²) in [4.78, 5) is 25.2. The zero-order valence-electron chi connectivity index (χ0n) is 12.8. The van der Waals surface area contributed by atoms with E-state index >= 15 is 0 Å². The van der Waals surface area contributed by atoms with E-state index in [2.05, 4.69) is 10.6 Å². The van der Waals surface area contributed by atoms with Crippen LogP contribution in [0.15, 0.2) is 18.2 Å². The van der Waals surface area contributed by atoms with Crippen LogP contribution in [-0.2, 0) is 11.2 Å². The minimum atomic E-state index is -2.56. The number of rotatable bonds is 4. The second-order valence-corrected chi connectivity index (χ2v) is 6.09. The number of benzene rings is 1. The molecule has 3 amide bonds. The van der Waals surface area contributed by atoms with Crippen molar-refractivity contribution in [2.24, 2.45) is 5.92 Å². The number of anilines is 2. The van der Waals surface area contributed by atoms with Gasteiger partial charge in [0.05, 0.1) is 6.04 Å². The van der Waals surface area contributed by atoms with Crippen LogP contribution in [0.4, 0.5) is 25.0 Å². The Morgan fingerprint density at radius 3 is 2.70 bits per heavy atom. The van der Waals surface area contributed by atoms with E-state index in [0.29, 0.717) is 18.5 Å². The predicted octanol–water partition coefficient (Wildman–Crippen LogP) is 2.76. The molecular formula is C16H19F2N3O2. The molecule has 2 aliphatic rings. The van der Waals surface area contributed by atoms with Crippen molar-refractivity contribution in [3.63, 3.8) is 0 Å². The third-order valence-corrected chi connectivity index (χ3v) is 4.38. The van der Waals surface area contributed by atoms with Gasteiger partial charge in [0.2, 0.25) is 5.91 Å². The van der Waals surface area contributed by atoms with Crippen molar-refractivity contribution >= 4 is 23.3 Å². The number of carbonyl (C=O) groups is 2. The van der Waals surface area contributed by atoms with Gasteiger partial charge < -0.3 is 15.5 Å². The first kappa shape index (κ1) is 15.7. The van der Waals surface area contributed by atoms with Crippen LogP contribution in [0.3, 0.4) is 0 Å². The lowest BCUT2D eigenvalue weighted by molar-refractivity contribution is -0.118. The maximum absolute atomic E-state index is 12.9. The Labute approximate surface area is 133 Å². The molecule has 0 radical (unpaired) electrons. The molecule has 124 valence electrons. The number of aryl methyl sites for hydroxylation is 1. The number of fused-ring (bicyclic) bond motifs is 1. The van der Waals surface area contributed by atoms with Crippen molar-refractivity contribution in [3.05, 3.63) is 23.8 Å². The first-order chi connectivity index (χ1) is 11.0. The summed E-state index contributed by atoms with van der Waals surface area (Å²) >= 11 is 0. The molecule has 1 aromatic carbocycles. The largest absolute Gasteiger partial charge is 0.329 e. The third-order valence-electron chi connectivity index (χ3n) is 4.38. The van der Waals surface area contributed by atoms with Gasteiger partial charge in [0.25, 0.3) is 6.43 Å². The topological polar surface area (TPSA) is 61.4 Å². The molecule has 0 bridgehead atoms. The molecule has 2 N–H and O–H groups in total. The SMILES string of the molecule is CN1C(=O)CCc2cc(NC(=O)NC(C(F)F)C3CC3)ccc21. The maximum Gasteiger partial charge on any atom is 0.319 e. The Kier molecular flexibility index (Phi) is 4.19. The summed E-state index contributed by atoms with van der Waals surface area (Å²) in [6.07, 6.45) is -0.0641. The van der Waals surface area contributed by atoms with Crippen molar-refractivity contribution in [1.29, 1.82) is 0 Å². The van der Waals surface area contributed by atoms with E-state index in [9.17, 15) is 18.4 Å². The quantitative estimate of drug-likeness (QED) is 0.895. The Balaban J connectivity index is 1.66. The number of carbonyl (C=O) groups excluding carboxylic acids is 2. The van der Waals surface area contributed by atoms with Gasteiger partial charge in [-0.3, -0.25) is 4.79 Å². The fourth-order valence-corrected chi connectivity index (χ4v) is 2.89. The van der Waals surface area contributed by atoms with Crippen molar-refractivity contribution in [1.82, 2.24) is 5.32 Å². The molecule has 0 spiro atoms. The van der Waals surface area contributed by atoms with E-state index in [4.69, 9.17) is 0 Å². The highest BCUT2D eigenvalue weighted by Crippen LogP contribution is 2.35. The fraction of sp³-hybridized carbons (Fsp3) is 0.500. The lowest BCUT2D eigenvalue weighted by atomic mass is 10.0. The van der Waals surface area contributed by atoms with Gasteiger partial charge in [0, 0.05) is 24.8 Å². The average molecular weight is 323 g/mol. The Hall–Kier alpha value is -2.18. The van der Waals surface area contributed by atoms with Crippen molar-refractivity contribution in [2.45, 2.75) is 38.2 Å². The summed E-state index contributed by atoms with van der Waals surface area (Å²) in [6, 6.07) is 3.50. The normalized spacial score (nSPS) is 18.6. The van der Waals surface area contributed by atoms with E-state index in [0.717, 1.165) is 24.1 Å². The Morgan fingerprint density at radius 2 is 2.04 bits per heavy atom. The van der Waals surface area contributed by atoms with Crippen LogP contribution < -0.4 is 15.5 Å². The minimum Gasteiger partial charge on any atom is -0.329 e. The number of amides is 3. The summed E-state index contributed by atoms with van der Waals surface area (Å²) < 4.78 is 25.8. The monoisotopic (exact) mass is 323 g/mol. The second-order valence-electron chi connectivity index (χ2n) is 6.09. The zero-order chi connectivity index (χ0) is 16.6. The molecule has 1 atom stereocenters. The lowest BCUT2D eigenvalue weighted by Crippen LogP contribution is -2.43. The average Bonchev–Trinajstić information content (AvgIpc) is 3.33. The molecule has 1 heterocycles. The molecule has 7 heteroatoms. The number of urea groups is 1. The molecule has 0 saturated heterocycles. The smallest absolute Gasteiger partial charge is 0.319 e. The molecular weight excluding hydrogens is 304 g/mol. The van der Waals surface area contributed by atoms with E-state index in [-0.39, 0.29) is 11.8 Å². The van der Waals surface area contributed by atoms with Gasteiger partial charge in [0.15, 0.2) is 0 Å². The van der Waals surface area contributed by atoms with E-state index in [1.165, 1.54) is 0 Å². The minimum absolute atomic E-state index is 0.0557. The van der Waals surface area contributed by atoms with Gasteiger partial charge in [-0.25, -0.2) is 13.6 Å². The van der Waals surface area contributed by atoms with E-state index in [1.54, 1.807) is 30.1 Å². The number of alkyl halides is 2. The van der Waals surface area contributed by atoms with Gasteiger partial charge in [-0.2, -0.15) is 0 Å². The first-order valence-electron chi connectivity index (χ1n) is 7.71. The summed E-state index contributed by atoms with van der Waals surface area (Å²) in [5, 5.41) is 4.96. The molecule has 1 unspecified atom stereocenters. The molecule has 5 nitrogen and oxygen atoms in total. The molecule has 3 rings (SSSR count). The highest BCUT2D eigenvalue weighted by molar-refractivity contribution is 5.97. The molecule has 1 aliphatic carbocycles. The number of halogens is 2. The van der Waals surface area contributed by atoms with Crippen LogP contribution >= 0.6 is 0 Å². The van der Waals surface area contributed by atoms with Crippen LogP contribution in [-0.4, -0.2) is 31.5 Å². The molecule has 1 fully saturated rings. The lowest BCUT2D eigenvalue weighted by Gasteiger charge is -2.26. The second kappa shape index (κ2) is 6.14. The molecule has 1 saturated carbocycles. The van der Waals surface area contributed by atoms with Crippen LogP contribution in [0.5, 0.6) is 0 Å². The van der Waals surface area contributed by atoms with Gasteiger partial charge in [-0.15, -0.1) is 0 Å². The molecule has 1 aromatic rings. The fourth-order valence-electron chi connectivity index (χ4n) is 2.89. The van der Waals surface area contributed by atoms with Crippen molar-refractivity contribution in [2.75, 3.05) is 17.3 Å². The van der Waals surface area contributed by atoms with Crippen LogP contribution in [0.25, 0.3) is 0 Å². The maximum atomic E-state index is 12.9. The van der Waals surface area contributed by atoms with Gasteiger partial charge >= 0.3 is 6.03 Å². The summed E-state index contributed by atoms with van der Waals surface area (Å²) in [7, 11) is 1.71. The van der Waals surface area contributed by atoms with Crippen LogP contribution in [0.1, 0.15) is 24.8 Å². The summed E-state index contributed by atoms with van der Waals surface area (Å²) in [5.74, 6) is -0.0656. The number of nitrogens with one attached hydrogen (secondary N) is 2. The molecule has 1 aliphatic heterocycles. The van der Waals surface area contributed by atoms with Gasteiger partial charge in [-0.05, 0) is 48.9 Å². The van der Waals surface area contributed by atoms with Crippen molar-refractivity contribution < 1.29 is 18.4 Å². The predicted molar refractivity (Wildman–Crippen MR) is 82.8 cm³/mol. The number of hydrogen-bond donors (Lipinski definition) is 2.